The Bertz CT molecular complexity index is 452. The first-order valence-corrected chi connectivity index (χ1v) is 6.42. The molecular formula is C13H15ClN2O2. The molecule has 0 atom stereocenters. The minimum atomic E-state index is -0.610. The SMILES string of the molecule is O=C(Nc1ccccc1Cl)ON=C1CCCCC1. The minimum absolute atomic E-state index is 0.472. The van der Waals surface area contributed by atoms with Crippen molar-refractivity contribution in [1.29, 1.82) is 0 Å². The topological polar surface area (TPSA) is 50.7 Å². The number of para-hydroxylation sites is 1. The molecule has 96 valence electrons. The van der Waals surface area contributed by atoms with Gasteiger partial charge in [-0.3, -0.25) is 10.2 Å². The molecule has 4 nitrogen and oxygen atoms in total. The van der Waals surface area contributed by atoms with E-state index in [4.69, 9.17) is 16.4 Å². The molecule has 0 saturated heterocycles. The number of rotatable bonds is 2. The summed E-state index contributed by atoms with van der Waals surface area (Å²) in [6, 6.07) is 6.98. The van der Waals surface area contributed by atoms with Crippen molar-refractivity contribution in [2.45, 2.75) is 32.1 Å². The zero-order valence-corrected chi connectivity index (χ0v) is 10.7. The molecule has 1 amide bonds. The summed E-state index contributed by atoms with van der Waals surface area (Å²) in [6.07, 6.45) is 4.69. The molecule has 0 aromatic heterocycles. The van der Waals surface area contributed by atoms with E-state index in [1.165, 1.54) is 6.42 Å². The first-order valence-electron chi connectivity index (χ1n) is 6.04. The number of hydrogen-bond acceptors (Lipinski definition) is 3. The van der Waals surface area contributed by atoms with Gasteiger partial charge in [0.2, 0.25) is 0 Å². The predicted octanol–water partition coefficient (Wildman–Crippen LogP) is 4.21. The van der Waals surface area contributed by atoms with Gasteiger partial charge in [0.1, 0.15) is 0 Å². The summed E-state index contributed by atoms with van der Waals surface area (Å²) in [5.74, 6) is 0. The standard InChI is InChI=1S/C13H15ClN2O2/c14-11-8-4-5-9-12(11)15-13(17)18-16-10-6-2-1-3-7-10/h4-5,8-9H,1-3,6-7H2,(H,15,17). The highest BCUT2D eigenvalue weighted by molar-refractivity contribution is 6.33. The van der Waals surface area contributed by atoms with E-state index < -0.39 is 6.09 Å². The Kier molecular flexibility index (Phi) is 4.59. The molecule has 1 fully saturated rings. The summed E-state index contributed by atoms with van der Waals surface area (Å²) >= 11 is 5.91. The summed E-state index contributed by atoms with van der Waals surface area (Å²) in [4.78, 5) is 16.3. The van der Waals surface area contributed by atoms with Crippen LogP contribution in [0.3, 0.4) is 0 Å². The zero-order chi connectivity index (χ0) is 12.8. The number of nitrogens with one attached hydrogen (secondary N) is 1. The largest absolute Gasteiger partial charge is 0.437 e. The van der Waals surface area contributed by atoms with Gasteiger partial charge < -0.3 is 0 Å². The summed E-state index contributed by atoms with van der Waals surface area (Å²) in [6.45, 7) is 0. The Labute approximate surface area is 111 Å². The second-order valence-electron chi connectivity index (χ2n) is 4.20. The molecule has 0 aliphatic heterocycles. The lowest BCUT2D eigenvalue weighted by atomic mass is 9.99. The Balaban J connectivity index is 1.87. The first kappa shape index (κ1) is 12.9. The molecule has 0 heterocycles. The molecule has 1 saturated carbocycles. The number of benzene rings is 1. The number of amides is 1. The molecular weight excluding hydrogens is 252 g/mol. The van der Waals surface area contributed by atoms with E-state index in [0.717, 1.165) is 31.4 Å². The summed E-state index contributed by atoms with van der Waals surface area (Å²) in [5.41, 5.74) is 1.48. The van der Waals surface area contributed by atoms with Crippen LogP contribution < -0.4 is 5.32 Å². The molecule has 2 rings (SSSR count). The number of oxime groups is 1. The summed E-state index contributed by atoms with van der Waals surface area (Å²) < 4.78 is 0. The third kappa shape index (κ3) is 3.74. The van der Waals surface area contributed by atoms with E-state index in [2.05, 4.69) is 10.5 Å². The maximum absolute atomic E-state index is 11.5. The molecule has 0 radical (unpaired) electrons. The van der Waals surface area contributed by atoms with Gasteiger partial charge in [0.15, 0.2) is 0 Å². The fraction of sp³-hybridized carbons (Fsp3) is 0.385. The van der Waals surface area contributed by atoms with Crippen molar-refractivity contribution in [1.82, 2.24) is 0 Å². The molecule has 0 unspecified atom stereocenters. The molecule has 1 aliphatic carbocycles. The highest BCUT2D eigenvalue weighted by atomic mass is 35.5. The van der Waals surface area contributed by atoms with Gasteiger partial charge in [-0.05, 0) is 37.8 Å². The molecule has 18 heavy (non-hydrogen) atoms. The highest BCUT2D eigenvalue weighted by Gasteiger charge is 2.10. The Morgan fingerprint density at radius 2 is 1.94 bits per heavy atom. The van der Waals surface area contributed by atoms with E-state index in [1.54, 1.807) is 24.3 Å². The Morgan fingerprint density at radius 3 is 2.67 bits per heavy atom. The number of halogens is 1. The molecule has 1 N–H and O–H groups in total. The first-order chi connectivity index (χ1) is 8.75. The van der Waals surface area contributed by atoms with Crippen LogP contribution >= 0.6 is 11.6 Å². The smallest absolute Gasteiger partial charge is 0.298 e. The number of carbonyl (C=O) groups excluding carboxylic acids is 1. The van der Waals surface area contributed by atoms with Crippen molar-refractivity contribution in [3.63, 3.8) is 0 Å². The van der Waals surface area contributed by atoms with Gasteiger partial charge in [-0.25, -0.2) is 4.79 Å². The lowest BCUT2D eigenvalue weighted by Gasteiger charge is -2.11. The minimum Gasteiger partial charge on any atom is -0.298 e. The second-order valence-corrected chi connectivity index (χ2v) is 4.61. The lowest BCUT2D eigenvalue weighted by molar-refractivity contribution is 0.165. The van der Waals surface area contributed by atoms with E-state index in [1.807, 2.05) is 0 Å². The summed E-state index contributed by atoms with van der Waals surface area (Å²) in [7, 11) is 0. The van der Waals surface area contributed by atoms with Crippen LogP contribution in [-0.2, 0) is 4.84 Å². The van der Waals surface area contributed by atoms with Crippen molar-refractivity contribution in [3.8, 4) is 0 Å². The van der Waals surface area contributed by atoms with Crippen LogP contribution in [0.15, 0.2) is 29.4 Å². The van der Waals surface area contributed by atoms with E-state index in [0.29, 0.717) is 10.7 Å². The van der Waals surface area contributed by atoms with Crippen LogP contribution in [0.5, 0.6) is 0 Å². The molecule has 0 spiro atoms. The van der Waals surface area contributed by atoms with Crippen LogP contribution in [0.1, 0.15) is 32.1 Å². The predicted molar refractivity (Wildman–Crippen MR) is 72.1 cm³/mol. The number of carbonyl (C=O) groups is 1. The maximum Gasteiger partial charge on any atom is 0.437 e. The average Bonchev–Trinajstić information content (AvgIpc) is 2.40. The zero-order valence-electron chi connectivity index (χ0n) is 9.99. The summed E-state index contributed by atoms with van der Waals surface area (Å²) in [5, 5.41) is 6.89. The van der Waals surface area contributed by atoms with Gasteiger partial charge in [-0.2, -0.15) is 0 Å². The van der Waals surface area contributed by atoms with Gasteiger partial charge >= 0.3 is 6.09 Å². The monoisotopic (exact) mass is 266 g/mol. The van der Waals surface area contributed by atoms with Gasteiger partial charge in [0, 0.05) is 0 Å². The third-order valence-electron chi connectivity index (χ3n) is 2.80. The lowest BCUT2D eigenvalue weighted by Crippen LogP contribution is -2.13. The normalized spacial score (nSPS) is 15.1. The van der Waals surface area contributed by atoms with Crippen LogP contribution in [0.2, 0.25) is 5.02 Å². The molecule has 5 heteroatoms. The quantitative estimate of drug-likeness (QED) is 0.644. The van der Waals surface area contributed by atoms with Gasteiger partial charge in [-0.1, -0.05) is 35.3 Å². The number of hydrogen-bond donors (Lipinski definition) is 1. The molecule has 1 aromatic rings. The van der Waals surface area contributed by atoms with Crippen molar-refractivity contribution < 1.29 is 9.63 Å². The number of anilines is 1. The van der Waals surface area contributed by atoms with E-state index >= 15 is 0 Å². The van der Waals surface area contributed by atoms with Gasteiger partial charge in [0.05, 0.1) is 16.4 Å². The molecule has 0 bridgehead atoms. The molecule has 1 aromatic carbocycles. The third-order valence-corrected chi connectivity index (χ3v) is 3.13. The maximum atomic E-state index is 11.5. The van der Waals surface area contributed by atoms with Crippen molar-refractivity contribution in [2.75, 3.05) is 5.32 Å². The highest BCUT2D eigenvalue weighted by Crippen LogP contribution is 2.20. The van der Waals surface area contributed by atoms with Crippen LogP contribution in [0.25, 0.3) is 0 Å². The van der Waals surface area contributed by atoms with E-state index in [-0.39, 0.29) is 0 Å². The van der Waals surface area contributed by atoms with E-state index in [9.17, 15) is 4.79 Å². The van der Waals surface area contributed by atoms with Crippen LogP contribution in [-0.4, -0.2) is 11.8 Å². The second kappa shape index (κ2) is 6.40. The Morgan fingerprint density at radius 1 is 1.22 bits per heavy atom. The van der Waals surface area contributed by atoms with Crippen molar-refractivity contribution in [2.24, 2.45) is 5.16 Å². The van der Waals surface area contributed by atoms with Crippen molar-refractivity contribution >= 4 is 29.1 Å². The van der Waals surface area contributed by atoms with Gasteiger partial charge in [0.25, 0.3) is 0 Å². The average molecular weight is 267 g/mol. The fourth-order valence-electron chi connectivity index (χ4n) is 1.85. The number of nitrogens with zero attached hydrogens (tertiary/aromatic N) is 1. The Hall–Kier alpha value is -1.55. The molecule has 1 aliphatic rings. The fourth-order valence-corrected chi connectivity index (χ4v) is 2.04. The van der Waals surface area contributed by atoms with Crippen LogP contribution in [0, 0.1) is 0 Å². The van der Waals surface area contributed by atoms with Crippen molar-refractivity contribution in [3.05, 3.63) is 29.3 Å². The van der Waals surface area contributed by atoms with Crippen LogP contribution in [0.4, 0.5) is 10.5 Å². The van der Waals surface area contributed by atoms with Gasteiger partial charge in [-0.15, -0.1) is 0 Å².